The van der Waals surface area contributed by atoms with E-state index in [4.69, 9.17) is 21.8 Å². The number of amides is 1. The highest BCUT2D eigenvalue weighted by Crippen LogP contribution is 2.18. The predicted octanol–water partition coefficient (Wildman–Crippen LogP) is 1.70. The van der Waals surface area contributed by atoms with Crippen LogP contribution in [0.5, 0.6) is 0 Å². The van der Waals surface area contributed by atoms with Crippen molar-refractivity contribution in [2.75, 3.05) is 0 Å². The molecule has 1 aromatic carbocycles. The molecular weight excluding hydrogens is 286 g/mol. The zero-order chi connectivity index (χ0) is 15.3. The normalized spacial score (nSPS) is 11.7. The Balaban J connectivity index is 2.83. The van der Waals surface area contributed by atoms with E-state index in [1.807, 2.05) is 0 Å². The van der Waals surface area contributed by atoms with Gasteiger partial charge in [-0.15, -0.1) is 0 Å². The van der Waals surface area contributed by atoms with E-state index in [0.717, 1.165) is 0 Å². The van der Waals surface area contributed by atoms with E-state index in [1.54, 1.807) is 19.1 Å². The molecule has 0 fully saturated rings. The number of carbonyl (C=O) groups excluding carboxylic acids is 1. The molecule has 0 saturated carbocycles. The molecule has 0 heterocycles. The van der Waals surface area contributed by atoms with Crippen LogP contribution in [0, 0.1) is 6.92 Å². The Hall–Kier alpha value is -2.08. The van der Waals surface area contributed by atoms with Crippen molar-refractivity contribution in [2.24, 2.45) is 0 Å². The molecule has 3 N–H and O–H groups in total. The molecule has 7 heteroatoms. The average Bonchev–Trinajstić information content (AvgIpc) is 2.36. The van der Waals surface area contributed by atoms with Crippen LogP contribution >= 0.6 is 11.6 Å². The van der Waals surface area contributed by atoms with E-state index < -0.39 is 23.9 Å². The topological polar surface area (TPSA) is 104 Å². The van der Waals surface area contributed by atoms with E-state index >= 15 is 0 Å². The molecule has 1 rings (SSSR count). The van der Waals surface area contributed by atoms with Crippen molar-refractivity contribution in [2.45, 2.75) is 25.8 Å². The highest BCUT2D eigenvalue weighted by molar-refractivity contribution is 6.31. The van der Waals surface area contributed by atoms with E-state index in [0.29, 0.717) is 10.6 Å². The minimum Gasteiger partial charge on any atom is -0.481 e. The molecule has 6 nitrogen and oxygen atoms in total. The second kappa shape index (κ2) is 6.91. The van der Waals surface area contributed by atoms with Crippen LogP contribution in [0.4, 0.5) is 0 Å². The number of carboxylic acid groups (broad SMARTS) is 2. The van der Waals surface area contributed by atoms with E-state index in [1.165, 1.54) is 6.07 Å². The maximum Gasteiger partial charge on any atom is 0.326 e. The Bertz CT molecular complexity index is 544. The van der Waals surface area contributed by atoms with Gasteiger partial charge in [-0.1, -0.05) is 17.7 Å². The Morgan fingerprint density at radius 1 is 1.30 bits per heavy atom. The molecule has 0 bridgehead atoms. The van der Waals surface area contributed by atoms with Gasteiger partial charge in [0.05, 0.1) is 0 Å². The summed E-state index contributed by atoms with van der Waals surface area (Å²) in [6, 6.07) is 3.47. The third-order valence-electron chi connectivity index (χ3n) is 2.76. The standard InChI is InChI=1S/C13H14ClNO5/c1-7-8(3-2-4-9(7)14)12(18)15-10(13(19)20)5-6-11(16)17/h2-4,10H,5-6H2,1H3,(H,15,18)(H,16,17)(H,19,20). The van der Waals surface area contributed by atoms with Gasteiger partial charge in [0, 0.05) is 17.0 Å². The lowest BCUT2D eigenvalue weighted by Gasteiger charge is -2.14. The van der Waals surface area contributed by atoms with E-state index in [9.17, 15) is 14.4 Å². The molecule has 1 unspecified atom stereocenters. The van der Waals surface area contributed by atoms with Gasteiger partial charge in [-0.05, 0) is 31.0 Å². The quantitative estimate of drug-likeness (QED) is 0.741. The molecule has 0 aliphatic heterocycles. The minimum absolute atomic E-state index is 0.185. The van der Waals surface area contributed by atoms with E-state index in [2.05, 4.69) is 5.32 Å². The molecule has 0 aromatic heterocycles. The van der Waals surface area contributed by atoms with Gasteiger partial charge < -0.3 is 15.5 Å². The average molecular weight is 300 g/mol. The highest BCUT2D eigenvalue weighted by atomic mass is 35.5. The summed E-state index contributed by atoms with van der Waals surface area (Å²) in [5.41, 5.74) is 0.799. The molecular formula is C13H14ClNO5. The fourth-order valence-corrected chi connectivity index (χ4v) is 1.79. The summed E-state index contributed by atoms with van der Waals surface area (Å²) in [5, 5.41) is 20.2. The van der Waals surface area contributed by atoms with Crippen LogP contribution in [0.2, 0.25) is 5.02 Å². The first-order valence-electron chi connectivity index (χ1n) is 5.83. The molecule has 0 saturated heterocycles. The summed E-state index contributed by atoms with van der Waals surface area (Å²) in [7, 11) is 0. The summed E-state index contributed by atoms with van der Waals surface area (Å²) < 4.78 is 0. The first-order valence-corrected chi connectivity index (χ1v) is 6.21. The van der Waals surface area contributed by atoms with Gasteiger partial charge in [0.1, 0.15) is 6.04 Å². The van der Waals surface area contributed by atoms with E-state index in [-0.39, 0.29) is 18.4 Å². The van der Waals surface area contributed by atoms with Crippen molar-refractivity contribution in [1.29, 1.82) is 0 Å². The Kier molecular flexibility index (Phi) is 5.52. The van der Waals surface area contributed by atoms with Gasteiger partial charge in [-0.25, -0.2) is 4.79 Å². The largest absolute Gasteiger partial charge is 0.481 e. The second-order valence-electron chi connectivity index (χ2n) is 4.21. The zero-order valence-electron chi connectivity index (χ0n) is 10.7. The number of hydrogen-bond acceptors (Lipinski definition) is 3. The number of benzene rings is 1. The van der Waals surface area contributed by atoms with Crippen molar-refractivity contribution in [3.63, 3.8) is 0 Å². The fourth-order valence-electron chi connectivity index (χ4n) is 1.61. The molecule has 108 valence electrons. The summed E-state index contributed by atoms with van der Waals surface area (Å²) in [5.74, 6) is -2.99. The first kappa shape index (κ1) is 16.0. The number of aliphatic carboxylic acids is 2. The summed E-state index contributed by atoms with van der Waals surface area (Å²) in [4.78, 5) is 33.5. The van der Waals surface area contributed by atoms with Crippen LogP contribution in [0.15, 0.2) is 18.2 Å². The van der Waals surface area contributed by atoms with Crippen LogP contribution in [0.3, 0.4) is 0 Å². The maximum absolute atomic E-state index is 12.0. The fraction of sp³-hybridized carbons (Fsp3) is 0.308. The smallest absolute Gasteiger partial charge is 0.326 e. The number of carboxylic acids is 2. The molecule has 1 atom stereocenters. The highest BCUT2D eigenvalue weighted by Gasteiger charge is 2.22. The third kappa shape index (κ3) is 4.24. The maximum atomic E-state index is 12.0. The molecule has 1 amide bonds. The van der Waals surface area contributed by atoms with Crippen LogP contribution in [-0.4, -0.2) is 34.1 Å². The molecule has 0 aliphatic carbocycles. The van der Waals surface area contributed by atoms with Crippen LogP contribution in [-0.2, 0) is 9.59 Å². The van der Waals surface area contributed by atoms with Crippen molar-refractivity contribution in [3.05, 3.63) is 34.3 Å². The lowest BCUT2D eigenvalue weighted by atomic mass is 10.1. The second-order valence-corrected chi connectivity index (χ2v) is 4.62. The Morgan fingerprint density at radius 2 is 1.95 bits per heavy atom. The van der Waals surface area contributed by atoms with Gasteiger partial charge in [-0.3, -0.25) is 9.59 Å². The lowest BCUT2D eigenvalue weighted by molar-refractivity contribution is -0.140. The number of carbonyl (C=O) groups is 3. The summed E-state index contributed by atoms with van der Waals surface area (Å²) >= 11 is 5.89. The summed E-state index contributed by atoms with van der Waals surface area (Å²) in [6.45, 7) is 1.64. The number of nitrogens with one attached hydrogen (secondary N) is 1. The predicted molar refractivity (Wildman–Crippen MR) is 71.9 cm³/mol. The number of hydrogen-bond donors (Lipinski definition) is 3. The number of rotatable bonds is 6. The van der Waals surface area contributed by atoms with Gasteiger partial charge in [0.15, 0.2) is 0 Å². The van der Waals surface area contributed by atoms with Gasteiger partial charge in [0.25, 0.3) is 5.91 Å². The first-order chi connectivity index (χ1) is 9.32. The van der Waals surface area contributed by atoms with Crippen LogP contribution < -0.4 is 5.32 Å². The Morgan fingerprint density at radius 3 is 2.50 bits per heavy atom. The van der Waals surface area contributed by atoms with Crippen molar-refractivity contribution in [3.8, 4) is 0 Å². The van der Waals surface area contributed by atoms with Gasteiger partial charge >= 0.3 is 11.9 Å². The summed E-state index contributed by atoms with van der Waals surface area (Å²) in [6.07, 6.45) is -0.526. The molecule has 0 spiro atoms. The van der Waals surface area contributed by atoms with Gasteiger partial charge in [0.2, 0.25) is 0 Å². The van der Waals surface area contributed by atoms with Crippen LogP contribution in [0.1, 0.15) is 28.8 Å². The minimum atomic E-state index is -1.28. The van der Waals surface area contributed by atoms with Crippen molar-refractivity contribution in [1.82, 2.24) is 5.32 Å². The molecule has 0 radical (unpaired) electrons. The molecule has 0 aliphatic rings. The zero-order valence-corrected chi connectivity index (χ0v) is 11.5. The SMILES string of the molecule is Cc1c(Cl)cccc1C(=O)NC(CCC(=O)O)C(=O)O. The van der Waals surface area contributed by atoms with Gasteiger partial charge in [-0.2, -0.15) is 0 Å². The van der Waals surface area contributed by atoms with Crippen molar-refractivity contribution >= 4 is 29.4 Å². The molecule has 1 aromatic rings. The third-order valence-corrected chi connectivity index (χ3v) is 3.17. The number of halogens is 1. The monoisotopic (exact) mass is 299 g/mol. The Labute approximate surface area is 120 Å². The molecule has 20 heavy (non-hydrogen) atoms. The van der Waals surface area contributed by atoms with Crippen molar-refractivity contribution < 1.29 is 24.6 Å². The lowest BCUT2D eigenvalue weighted by Crippen LogP contribution is -2.41. The van der Waals surface area contributed by atoms with Crippen LogP contribution in [0.25, 0.3) is 0 Å².